The molecule has 1 fully saturated rings. The first-order valence-corrected chi connectivity index (χ1v) is 7.40. The van der Waals surface area contributed by atoms with Crippen molar-refractivity contribution in [1.82, 2.24) is 10.3 Å². The second-order valence-electron chi connectivity index (χ2n) is 6.65. The normalized spacial score (nSPS) is 21.7. The highest BCUT2D eigenvalue weighted by Crippen LogP contribution is 2.31. The molecule has 9 heteroatoms. The molecule has 0 spiro atoms. The van der Waals surface area contributed by atoms with E-state index in [1.54, 1.807) is 20.8 Å². The minimum Gasteiger partial charge on any atom is -0.444 e. The van der Waals surface area contributed by atoms with E-state index in [-0.39, 0.29) is 18.8 Å². The summed E-state index contributed by atoms with van der Waals surface area (Å²) in [7, 11) is 0. The van der Waals surface area contributed by atoms with Gasteiger partial charge in [-0.1, -0.05) is 0 Å². The van der Waals surface area contributed by atoms with Crippen LogP contribution in [-0.4, -0.2) is 47.0 Å². The molecular weight excluding hydrogens is 327 g/mol. The summed E-state index contributed by atoms with van der Waals surface area (Å²) in [6, 6.07) is 0.324. The van der Waals surface area contributed by atoms with Gasteiger partial charge in [-0.05, 0) is 26.8 Å². The number of nitrogens with zero attached hydrogens (tertiary/aromatic N) is 2. The van der Waals surface area contributed by atoms with E-state index in [2.05, 4.69) is 10.3 Å². The number of ether oxygens (including phenoxy) is 1. The summed E-state index contributed by atoms with van der Waals surface area (Å²) in [6.45, 7) is 5.36. The van der Waals surface area contributed by atoms with Crippen LogP contribution in [0.2, 0.25) is 0 Å². The van der Waals surface area contributed by atoms with E-state index in [0.717, 1.165) is 12.3 Å². The molecule has 0 saturated carbocycles. The van der Waals surface area contributed by atoms with Crippen LogP contribution in [0.3, 0.4) is 0 Å². The third-order valence-corrected chi connectivity index (χ3v) is 3.41. The molecule has 1 amide bonds. The molecule has 6 nitrogen and oxygen atoms in total. The fourth-order valence-corrected chi connectivity index (χ4v) is 2.35. The van der Waals surface area contributed by atoms with Crippen molar-refractivity contribution in [3.8, 4) is 0 Å². The van der Waals surface area contributed by atoms with Gasteiger partial charge in [0.05, 0.1) is 29.6 Å². The lowest BCUT2D eigenvalue weighted by Gasteiger charge is -2.23. The van der Waals surface area contributed by atoms with Crippen molar-refractivity contribution < 1.29 is 27.8 Å². The SMILES string of the molecule is CC(C)(C)OC(=O)N[C@H]1CN(c2cncc(C(F)(F)F)c2)C[C@@H]1O. The lowest BCUT2D eigenvalue weighted by Crippen LogP contribution is -2.45. The van der Waals surface area contributed by atoms with E-state index in [0.29, 0.717) is 0 Å². The predicted molar refractivity (Wildman–Crippen MR) is 80.6 cm³/mol. The van der Waals surface area contributed by atoms with E-state index in [4.69, 9.17) is 4.74 Å². The summed E-state index contributed by atoms with van der Waals surface area (Å²) < 4.78 is 43.4. The van der Waals surface area contributed by atoms with Gasteiger partial charge in [-0.3, -0.25) is 4.98 Å². The van der Waals surface area contributed by atoms with Gasteiger partial charge in [-0.2, -0.15) is 13.2 Å². The number of aromatic nitrogens is 1. The Morgan fingerprint density at radius 2 is 2.00 bits per heavy atom. The number of amides is 1. The quantitative estimate of drug-likeness (QED) is 0.858. The topological polar surface area (TPSA) is 74.7 Å². The van der Waals surface area contributed by atoms with Crippen LogP contribution in [0.5, 0.6) is 0 Å². The number of aliphatic hydroxyl groups excluding tert-OH is 1. The number of anilines is 1. The second kappa shape index (κ2) is 6.46. The van der Waals surface area contributed by atoms with Gasteiger partial charge in [0.15, 0.2) is 0 Å². The molecule has 0 radical (unpaired) electrons. The summed E-state index contributed by atoms with van der Waals surface area (Å²) in [5, 5.41) is 12.6. The molecule has 2 rings (SSSR count). The van der Waals surface area contributed by atoms with Crippen molar-refractivity contribution in [2.24, 2.45) is 0 Å². The third kappa shape index (κ3) is 4.73. The zero-order chi connectivity index (χ0) is 18.1. The van der Waals surface area contributed by atoms with Gasteiger partial charge >= 0.3 is 12.3 Å². The van der Waals surface area contributed by atoms with Gasteiger partial charge in [0.25, 0.3) is 0 Å². The number of nitrogens with one attached hydrogen (secondary N) is 1. The number of aliphatic hydroxyl groups is 1. The van der Waals surface area contributed by atoms with Crippen LogP contribution >= 0.6 is 0 Å². The lowest BCUT2D eigenvalue weighted by molar-refractivity contribution is -0.137. The first-order chi connectivity index (χ1) is 11.0. The first-order valence-electron chi connectivity index (χ1n) is 7.40. The molecule has 1 saturated heterocycles. The van der Waals surface area contributed by atoms with E-state index in [1.165, 1.54) is 11.1 Å². The highest BCUT2D eigenvalue weighted by Gasteiger charge is 2.36. The van der Waals surface area contributed by atoms with Crippen LogP contribution in [0.25, 0.3) is 0 Å². The standard InChI is InChI=1S/C15H20F3N3O3/c1-14(2,3)24-13(23)20-11-7-21(8-12(11)22)10-4-9(5-19-6-10)15(16,17)18/h4-6,11-12,22H,7-8H2,1-3H3,(H,20,23)/t11-,12-/m0/s1. The van der Waals surface area contributed by atoms with Gasteiger partial charge in [-0.15, -0.1) is 0 Å². The minimum absolute atomic E-state index is 0.0868. The van der Waals surface area contributed by atoms with Gasteiger partial charge in [0.1, 0.15) is 5.60 Å². The highest BCUT2D eigenvalue weighted by atomic mass is 19.4. The van der Waals surface area contributed by atoms with Gasteiger partial charge < -0.3 is 20.1 Å². The monoisotopic (exact) mass is 347 g/mol. The predicted octanol–water partition coefficient (Wildman–Crippen LogP) is 2.17. The Kier molecular flexibility index (Phi) is 4.93. The first kappa shape index (κ1) is 18.3. The van der Waals surface area contributed by atoms with Crippen LogP contribution in [0, 0.1) is 0 Å². The van der Waals surface area contributed by atoms with Crippen molar-refractivity contribution in [3.63, 3.8) is 0 Å². The number of pyridine rings is 1. The van der Waals surface area contributed by atoms with Crippen molar-refractivity contribution in [2.45, 2.75) is 44.7 Å². The minimum atomic E-state index is -4.49. The smallest absolute Gasteiger partial charge is 0.417 e. The number of halogens is 3. The van der Waals surface area contributed by atoms with E-state index >= 15 is 0 Å². The molecule has 134 valence electrons. The summed E-state index contributed by atoms with van der Waals surface area (Å²) >= 11 is 0. The molecule has 2 heterocycles. The van der Waals surface area contributed by atoms with Crippen LogP contribution in [0.4, 0.5) is 23.7 Å². The van der Waals surface area contributed by atoms with Crippen molar-refractivity contribution in [3.05, 3.63) is 24.0 Å². The van der Waals surface area contributed by atoms with Gasteiger partial charge in [-0.25, -0.2) is 4.79 Å². The molecule has 0 unspecified atom stereocenters. The summed E-state index contributed by atoms with van der Waals surface area (Å²) in [4.78, 5) is 16.9. The number of alkyl carbamates (subject to hydrolysis) is 1. The Morgan fingerprint density at radius 1 is 1.33 bits per heavy atom. The molecule has 1 aromatic heterocycles. The van der Waals surface area contributed by atoms with E-state index in [9.17, 15) is 23.1 Å². The Labute approximate surface area is 137 Å². The molecule has 1 aliphatic heterocycles. The zero-order valence-electron chi connectivity index (χ0n) is 13.6. The molecular formula is C15H20F3N3O3. The van der Waals surface area contributed by atoms with Crippen LogP contribution in [0.1, 0.15) is 26.3 Å². The highest BCUT2D eigenvalue weighted by molar-refractivity contribution is 5.68. The summed E-state index contributed by atoms with van der Waals surface area (Å²) in [6.07, 6.45) is -4.07. The maximum atomic E-state index is 12.8. The maximum Gasteiger partial charge on any atom is 0.417 e. The van der Waals surface area contributed by atoms with Gasteiger partial charge in [0, 0.05) is 19.3 Å². The number of hydrogen-bond acceptors (Lipinski definition) is 5. The van der Waals surface area contributed by atoms with Crippen LogP contribution < -0.4 is 10.2 Å². The largest absolute Gasteiger partial charge is 0.444 e. The van der Waals surface area contributed by atoms with Crippen molar-refractivity contribution in [1.29, 1.82) is 0 Å². The number of β-amino-alcohol motifs (C(OH)–C–C–N with tert-alkyl or cyclic N) is 1. The van der Waals surface area contributed by atoms with Crippen molar-refractivity contribution in [2.75, 3.05) is 18.0 Å². The van der Waals surface area contributed by atoms with Crippen LogP contribution in [0.15, 0.2) is 18.5 Å². The molecule has 1 aliphatic rings. The Bertz CT molecular complexity index is 602. The molecule has 0 aliphatic carbocycles. The van der Waals surface area contributed by atoms with Crippen molar-refractivity contribution >= 4 is 11.8 Å². The molecule has 24 heavy (non-hydrogen) atoms. The number of carbonyl (C=O) groups excluding carboxylic acids is 1. The molecule has 1 aromatic rings. The van der Waals surface area contributed by atoms with Gasteiger partial charge in [0.2, 0.25) is 0 Å². The average molecular weight is 347 g/mol. The van der Waals surface area contributed by atoms with Crippen LogP contribution in [-0.2, 0) is 10.9 Å². The zero-order valence-corrected chi connectivity index (χ0v) is 13.6. The summed E-state index contributed by atoms with van der Waals surface area (Å²) in [5.74, 6) is 0. The fourth-order valence-electron chi connectivity index (χ4n) is 2.35. The maximum absolute atomic E-state index is 12.8. The number of carbonyl (C=O) groups is 1. The summed E-state index contributed by atoms with van der Waals surface area (Å²) in [5.41, 5.74) is -1.31. The average Bonchev–Trinajstić information content (AvgIpc) is 2.77. The number of rotatable bonds is 2. The second-order valence-corrected chi connectivity index (χ2v) is 6.65. The fraction of sp³-hybridized carbons (Fsp3) is 0.600. The number of alkyl halides is 3. The molecule has 2 atom stereocenters. The Balaban J connectivity index is 2.04. The molecule has 0 aromatic carbocycles. The molecule has 2 N–H and O–H groups in total. The Morgan fingerprint density at radius 3 is 2.58 bits per heavy atom. The van der Waals surface area contributed by atoms with E-state index in [1.807, 2.05) is 0 Å². The van der Waals surface area contributed by atoms with E-state index < -0.39 is 35.6 Å². The lowest BCUT2D eigenvalue weighted by atomic mass is 10.2. The number of hydrogen-bond donors (Lipinski definition) is 2. The third-order valence-electron chi connectivity index (χ3n) is 3.41. The molecule has 0 bridgehead atoms. The Hall–Kier alpha value is -2.03.